The van der Waals surface area contributed by atoms with E-state index >= 15 is 0 Å². The maximum absolute atomic E-state index is 14.5. The lowest BCUT2D eigenvalue weighted by Gasteiger charge is -2.33. The zero-order valence-corrected chi connectivity index (χ0v) is 35.7. The molecular formula is C41H59F3N6O12. The van der Waals surface area contributed by atoms with Gasteiger partial charge in [0.1, 0.15) is 36.6 Å². The summed E-state index contributed by atoms with van der Waals surface area (Å²) in [5.41, 5.74) is 0.780. The van der Waals surface area contributed by atoms with Gasteiger partial charge in [0.25, 0.3) is 0 Å². The van der Waals surface area contributed by atoms with Crippen LogP contribution in [0.15, 0.2) is 30.3 Å². The van der Waals surface area contributed by atoms with Crippen molar-refractivity contribution in [3.63, 3.8) is 0 Å². The number of carboxylic acid groups (broad SMARTS) is 2. The number of likely N-dealkylation sites (tertiary alicyclic amines) is 1. The van der Waals surface area contributed by atoms with Crippen LogP contribution in [0.25, 0.3) is 0 Å². The van der Waals surface area contributed by atoms with Crippen LogP contribution in [0.2, 0.25) is 0 Å². The molecule has 1 aliphatic heterocycles. The standard InChI is InChI=1S/C41H59F3N6O12/c1-7-12-27(31(52)19-41(42,43)44)46-38(59)30-17-26(62-21-25-13-10-9-11-14-25)20-50(30)40(61)34(22(3)4)48-39(60)35(23(5)8-2)49-36(57)28(15-16-32(53)54)47-37(58)29(18-33(55)56)45-24(6)51/h9-11,13-14,22-23,26-30,34-35H,7-8,12,15-21H2,1-6H3,(H,45,51)(H,46,59)(H,47,58)(H,48,60)(H,49,57)(H,53,54)(H,55,56)/t23?,26-,27?,28-,29+,30+,34+,35+/m1/s1. The first-order valence-corrected chi connectivity index (χ1v) is 20.4. The predicted molar refractivity (Wildman–Crippen MR) is 214 cm³/mol. The molecular weight excluding hydrogens is 825 g/mol. The Kier molecular flexibility index (Phi) is 21.0. The first kappa shape index (κ1) is 52.5. The number of carboxylic acids is 2. The number of rotatable bonds is 25. The van der Waals surface area contributed by atoms with Crippen molar-refractivity contribution < 1.29 is 71.3 Å². The Hall–Kier alpha value is -5.60. The summed E-state index contributed by atoms with van der Waals surface area (Å²) in [6.07, 6.45) is -8.98. The number of alkyl halides is 3. The Morgan fingerprint density at radius 3 is 1.94 bits per heavy atom. The highest BCUT2D eigenvalue weighted by Gasteiger charge is 2.45. The molecule has 1 fully saturated rings. The number of benzene rings is 1. The molecule has 0 spiro atoms. The van der Waals surface area contributed by atoms with Crippen molar-refractivity contribution in [3.8, 4) is 0 Å². The summed E-state index contributed by atoms with van der Waals surface area (Å²) in [5.74, 6) is -10.8. The van der Waals surface area contributed by atoms with Crippen LogP contribution in [0.4, 0.5) is 13.2 Å². The molecule has 1 saturated heterocycles. The van der Waals surface area contributed by atoms with Crippen LogP contribution < -0.4 is 26.6 Å². The van der Waals surface area contributed by atoms with Crippen LogP contribution in [-0.2, 0) is 54.5 Å². The normalized spacial score (nSPS) is 18.0. The molecule has 6 amide bonds. The lowest BCUT2D eigenvalue weighted by atomic mass is 9.95. The van der Waals surface area contributed by atoms with Gasteiger partial charge < -0.3 is 46.4 Å². The van der Waals surface area contributed by atoms with Gasteiger partial charge in [0, 0.05) is 26.3 Å². The number of amides is 6. The topological polar surface area (TPSA) is 267 Å². The lowest BCUT2D eigenvalue weighted by molar-refractivity contribution is -0.155. The second-order valence-electron chi connectivity index (χ2n) is 15.7. The number of carbonyl (C=O) groups excluding carboxylic acids is 7. The summed E-state index contributed by atoms with van der Waals surface area (Å²) < 4.78 is 45.6. The van der Waals surface area contributed by atoms with Gasteiger partial charge in [0.05, 0.1) is 25.2 Å². The smallest absolute Gasteiger partial charge is 0.395 e. The minimum Gasteiger partial charge on any atom is -0.481 e. The Bertz CT molecular complexity index is 1730. The quantitative estimate of drug-likeness (QED) is 0.0744. The molecule has 0 aromatic heterocycles. The van der Waals surface area contributed by atoms with E-state index in [0.717, 1.165) is 17.4 Å². The molecule has 0 radical (unpaired) electrons. The maximum atomic E-state index is 14.5. The third kappa shape index (κ3) is 17.4. The van der Waals surface area contributed by atoms with Crippen molar-refractivity contribution in [2.75, 3.05) is 6.54 Å². The van der Waals surface area contributed by atoms with Crippen LogP contribution in [0.1, 0.15) is 98.5 Å². The third-order valence-electron chi connectivity index (χ3n) is 10.2. The van der Waals surface area contributed by atoms with E-state index in [2.05, 4.69) is 26.6 Å². The number of carbonyl (C=O) groups is 9. The average Bonchev–Trinajstić information content (AvgIpc) is 3.62. The van der Waals surface area contributed by atoms with E-state index in [4.69, 9.17) is 4.74 Å². The molecule has 1 aromatic carbocycles. The number of ether oxygens (including phenoxy) is 1. The SMILES string of the molecule is CCCC(NC(=O)[C@@H]1C[C@@H](OCc2ccccc2)CN1C(=O)[C@@H](NC(=O)[C@@H](NC(=O)[C@@H](CCC(=O)O)NC(=O)[C@H](CC(=O)O)NC(C)=O)C(C)CC)C(C)C)C(=O)CC(F)(F)F. The van der Waals surface area contributed by atoms with Gasteiger partial charge in [-0.15, -0.1) is 0 Å². The summed E-state index contributed by atoms with van der Waals surface area (Å²) >= 11 is 0. The molecule has 1 heterocycles. The van der Waals surface area contributed by atoms with E-state index in [1.54, 1.807) is 65.0 Å². The molecule has 2 rings (SSSR count). The summed E-state index contributed by atoms with van der Waals surface area (Å²) in [5, 5.41) is 30.6. The fourth-order valence-corrected chi connectivity index (χ4v) is 6.72. The van der Waals surface area contributed by atoms with E-state index in [9.17, 15) is 66.5 Å². The zero-order chi connectivity index (χ0) is 46.9. The number of hydrogen-bond donors (Lipinski definition) is 7. The first-order chi connectivity index (χ1) is 29.0. The van der Waals surface area contributed by atoms with Crippen molar-refractivity contribution in [1.29, 1.82) is 0 Å². The van der Waals surface area contributed by atoms with Gasteiger partial charge in [-0.25, -0.2) is 0 Å². The van der Waals surface area contributed by atoms with Gasteiger partial charge in [-0.3, -0.25) is 43.2 Å². The number of hydrogen-bond acceptors (Lipinski definition) is 10. The van der Waals surface area contributed by atoms with E-state index in [-0.39, 0.29) is 38.8 Å². The third-order valence-corrected chi connectivity index (χ3v) is 10.2. The summed E-state index contributed by atoms with van der Waals surface area (Å²) in [7, 11) is 0. The van der Waals surface area contributed by atoms with Crippen molar-refractivity contribution >= 4 is 53.2 Å². The van der Waals surface area contributed by atoms with Crippen molar-refractivity contribution in [3.05, 3.63) is 35.9 Å². The Labute approximate surface area is 357 Å². The molecule has 2 unspecified atom stereocenters. The summed E-state index contributed by atoms with van der Waals surface area (Å²) in [6, 6.07) is 0.137. The Morgan fingerprint density at radius 1 is 0.790 bits per heavy atom. The van der Waals surface area contributed by atoms with Crippen LogP contribution in [0, 0.1) is 11.8 Å². The average molecular weight is 885 g/mol. The fraction of sp³-hybridized carbons (Fsp3) is 0.634. The summed E-state index contributed by atoms with van der Waals surface area (Å²) in [4.78, 5) is 117. The molecule has 18 nitrogen and oxygen atoms in total. The molecule has 0 aliphatic carbocycles. The molecule has 62 heavy (non-hydrogen) atoms. The molecule has 21 heteroatoms. The number of nitrogens with zero attached hydrogens (tertiary/aromatic N) is 1. The van der Waals surface area contributed by atoms with Gasteiger partial charge in [0.2, 0.25) is 35.4 Å². The van der Waals surface area contributed by atoms with Crippen LogP contribution in [0.5, 0.6) is 0 Å². The number of nitrogens with one attached hydrogen (secondary N) is 5. The highest BCUT2D eigenvalue weighted by molar-refractivity contribution is 5.98. The lowest BCUT2D eigenvalue weighted by Crippen LogP contribution is -2.61. The molecule has 8 atom stereocenters. The number of aliphatic carboxylic acids is 2. The van der Waals surface area contributed by atoms with Gasteiger partial charge in [-0.1, -0.05) is 77.8 Å². The second-order valence-corrected chi connectivity index (χ2v) is 15.7. The maximum Gasteiger partial charge on any atom is 0.395 e. The number of halogens is 3. The van der Waals surface area contributed by atoms with Crippen LogP contribution in [0.3, 0.4) is 0 Å². The van der Waals surface area contributed by atoms with Gasteiger partial charge in [-0.2, -0.15) is 13.2 Å². The predicted octanol–water partition coefficient (Wildman–Crippen LogP) is 1.98. The number of ketones is 1. The Balaban J connectivity index is 2.44. The van der Waals surface area contributed by atoms with Crippen molar-refractivity contribution in [2.45, 2.75) is 148 Å². The molecule has 0 saturated carbocycles. The molecule has 1 aromatic rings. The summed E-state index contributed by atoms with van der Waals surface area (Å²) in [6.45, 7) is 9.08. The Morgan fingerprint density at radius 2 is 1.40 bits per heavy atom. The van der Waals surface area contributed by atoms with E-state index in [1.807, 2.05) is 0 Å². The highest BCUT2D eigenvalue weighted by Crippen LogP contribution is 2.26. The van der Waals surface area contributed by atoms with Crippen molar-refractivity contribution in [1.82, 2.24) is 31.5 Å². The molecule has 0 bridgehead atoms. The largest absolute Gasteiger partial charge is 0.481 e. The zero-order valence-electron chi connectivity index (χ0n) is 35.7. The molecule has 1 aliphatic rings. The fourth-order valence-electron chi connectivity index (χ4n) is 6.72. The molecule has 346 valence electrons. The molecule has 7 N–H and O–H groups in total. The van der Waals surface area contributed by atoms with Gasteiger partial charge >= 0.3 is 18.1 Å². The van der Waals surface area contributed by atoms with E-state index < -0.39 is 139 Å². The van der Waals surface area contributed by atoms with Crippen LogP contribution in [-0.4, -0.2) is 123 Å². The van der Waals surface area contributed by atoms with Crippen molar-refractivity contribution in [2.24, 2.45) is 11.8 Å². The van der Waals surface area contributed by atoms with Gasteiger partial charge in [0.15, 0.2) is 5.78 Å². The van der Waals surface area contributed by atoms with E-state index in [0.29, 0.717) is 0 Å². The minimum atomic E-state index is -4.82. The highest BCUT2D eigenvalue weighted by atomic mass is 19.4. The second kappa shape index (κ2) is 24.7. The monoisotopic (exact) mass is 884 g/mol. The van der Waals surface area contributed by atoms with Crippen LogP contribution >= 0.6 is 0 Å². The first-order valence-electron chi connectivity index (χ1n) is 20.4. The minimum absolute atomic E-state index is 0.0897. The van der Waals surface area contributed by atoms with E-state index in [1.165, 1.54) is 0 Å². The van der Waals surface area contributed by atoms with Gasteiger partial charge in [-0.05, 0) is 30.2 Å². The number of Topliss-reactive ketones (excluding diaryl/α,β-unsaturated/α-hetero) is 1.